The summed E-state index contributed by atoms with van der Waals surface area (Å²) >= 11 is 1.34. The molecule has 1 amide bonds. The molecule has 2 N–H and O–H groups in total. The maximum Gasteiger partial charge on any atom is 0.261 e. The van der Waals surface area contributed by atoms with Crippen molar-refractivity contribution in [2.24, 2.45) is 0 Å². The van der Waals surface area contributed by atoms with Crippen molar-refractivity contribution in [1.29, 1.82) is 0 Å². The van der Waals surface area contributed by atoms with Crippen LogP contribution in [0.3, 0.4) is 0 Å². The first-order valence-corrected chi connectivity index (χ1v) is 6.81. The molecule has 0 aliphatic rings. The number of aliphatic hydroxyl groups excluding tert-OH is 1. The standard InChI is InChI=1S/C14H19NO3S/c1-14(2,10-18-3)15-13(17)12-8-7-11(19-12)6-4-5-9-16/h7-8,16H,5,9-10H2,1-3H3,(H,15,17). The Morgan fingerprint density at radius 3 is 2.89 bits per heavy atom. The quantitative estimate of drug-likeness (QED) is 0.807. The molecule has 0 fully saturated rings. The summed E-state index contributed by atoms with van der Waals surface area (Å²) in [6.07, 6.45) is 0.445. The molecular formula is C14H19NO3S. The van der Waals surface area contributed by atoms with E-state index in [2.05, 4.69) is 17.2 Å². The van der Waals surface area contributed by atoms with Gasteiger partial charge in [-0.25, -0.2) is 0 Å². The van der Waals surface area contributed by atoms with Gasteiger partial charge in [-0.1, -0.05) is 11.8 Å². The predicted molar refractivity (Wildman–Crippen MR) is 76.3 cm³/mol. The molecule has 0 bridgehead atoms. The van der Waals surface area contributed by atoms with Crippen LogP contribution < -0.4 is 5.32 Å². The molecule has 0 unspecified atom stereocenters. The van der Waals surface area contributed by atoms with Crippen molar-refractivity contribution in [3.63, 3.8) is 0 Å². The van der Waals surface area contributed by atoms with Crippen LogP contribution in [0.15, 0.2) is 12.1 Å². The lowest BCUT2D eigenvalue weighted by Crippen LogP contribution is -2.46. The summed E-state index contributed by atoms with van der Waals surface area (Å²) in [6, 6.07) is 3.57. The molecule has 1 aromatic heterocycles. The van der Waals surface area contributed by atoms with Gasteiger partial charge in [0, 0.05) is 13.5 Å². The molecule has 0 spiro atoms. The van der Waals surface area contributed by atoms with Crippen molar-refractivity contribution in [3.8, 4) is 11.8 Å². The van der Waals surface area contributed by atoms with Gasteiger partial charge in [-0.15, -0.1) is 11.3 Å². The van der Waals surface area contributed by atoms with Crippen LogP contribution in [0.4, 0.5) is 0 Å². The van der Waals surface area contributed by atoms with Crippen LogP contribution in [0.5, 0.6) is 0 Å². The van der Waals surface area contributed by atoms with Crippen LogP contribution >= 0.6 is 11.3 Å². The summed E-state index contributed by atoms with van der Waals surface area (Å²) < 4.78 is 5.06. The molecule has 0 saturated carbocycles. The van der Waals surface area contributed by atoms with E-state index >= 15 is 0 Å². The lowest BCUT2D eigenvalue weighted by Gasteiger charge is -2.24. The Morgan fingerprint density at radius 2 is 2.26 bits per heavy atom. The molecule has 0 aliphatic carbocycles. The number of nitrogens with one attached hydrogen (secondary N) is 1. The Balaban J connectivity index is 2.66. The predicted octanol–water partition coefficient (Wildman–Crippen LogP) is 1.64. The minimum atomic E-state index is -0.404. The Kier molecular flexibility index (Phi) is 6.03. The average molecular weight is 281 g/mol. The molecule has 0 atom stereocenters. The summed E-state index contributed by atoms with van der Waals surface area (Å²) in [5, 5.41) is 11.6. The molecule has 1 aromatic rings. The van der Waals surface area contributed by atoms with E-state index in [1.54, 1.807) is 13.2 Å². The fraction of sp³-hybridized carbons (Fsp3) is 0.500. The van der Waals surface area contributed by atoms with Crippen LogP contribution in [-0.4, -0.2) is 36.9 Å². The number of hydrogen-bond donors (Lipinski definition) is 2. The van der Waals surface area contributed by atoms with Gasteiger partial charge in [-0.2, -0.15) is 0 Å². The first kappa shape index (κ1) is 15.7. The zero-order chi connectivity index (χ0) is 14.3. The molecule has 5 heteroatoms. The van der Waals surface area contributed by atoms with E-state index in [4.69, 9.17) is 9.84 Å². The molecule has 104 valence electrons. The number of amides is 1. The number of hydrogen-bond acceptors (Lipinski definition) is 4. The average Bonchev–Trinajstić information content (AvgIpc) is 2.77. The van der Waals surface area contributed by atoms with Crippen molar-refractivity contribution in [3.05, 3.63) is 21.9 Å². The number of ether oxygens (including phenoxy) is 1. The summed E-state index contributed by atoms with van der Waals surface area (Å²) in [6.45, 7) is 4.32. The lowest BCUT2D eigenvalue weighted by molar-refractivity contribution is 0.0824. The highest BCUT2D eigenvalue weighted by Gasteiger charge is 2.21. The molecular weight excluding hydrogens is 262 g/mol. The van der Waals surface area contributed by atoms with Gasteiger partial charge in [-0.05, 0) is 26.0 Å². The van der Waals surface area contributed by atoms with Crippen molar-refractivity contribution < 1.29 is 14.6 Å². The number of methoxy groups -OCH3 is 1. The zero-order valence-corrected chi connectivity index (χ0v) is 12.3. The molecule has 0 aromatic carbocycles. The van der Waals surface area contributed by atoms with Gasteiger partial charge in [-0.3, -0.25) is 4.79 Å². The van der Waals surface area contributed by atoms with Crippen LogP contribution in [0.2, 0.25) is 0 Å². The van der Waals surface area contributed by atoms with Gasteiger partial charge in [0.1, 0.15) is 0 Å². The largest absolute Gasteiger partial charge is 0.395 e. The van der Waals surface area contributed by atoms with Gasteiger partial charge in [0.2, 0.25) is 0 Å². The van der Waals surface area contributed by atoms with Gasteiger partial charge >= 0.3 is 0 Å². The molecule has 0 radical (unpaired) electrons. The summed E-state index contributed by atoms with van der Waals surface area (Å²) in [5.41, 5.74) is -0.404. The third-order valence-corrected chi connectivity index (χ3v) is 3.23. The van der Waals surface area contributed by atoms with Crippen LogP contribution in [0, 0.1) is 11.8 Å². The molecule has 4 nitrogen and oxygen atoms in total. The zero-order valence-electron chi connectivity index (χ0n) is 11.4. The van der Waals surface area contributed by atoms with E-state index < -0.39 is 5.54 Å². The highest BCUT2D eigenvalue weighted by atomic mass is 32.1. The SMILES string of the molecule is COCC(C)(C)NC(=O)c1ccc(C#CCCO)s1. The Morgan fingerprint density at radius 1 is 1.53 bits per heavy atom. The number of carbonyl (C=O) groups is 1. The Labute approximate surface area is 117 Å². The van der Waals surface area contributed by atoms with Gasteiger partial charge in [0.15, 0.2) is 0 Å². The topological polar surface area (TPSA) is 58.6 Å². The molecule has 0 saturated heterocycles. The van der Waals surface area contributed by atoms with E-state index in [0.29, 0.717) is 17.9 Å². The molecule has 0 aliphatic heterocycles. The van der Waals surface area contributed by atoms with Crippen LogP contribution in [-0.2, 0) is 4.74 Å². The van der Waals surface area contributed by atoms with Crippen molar-refractivity contribution in [2.45, 2.75) is 25.8 Å². The monoisotopic (exact) mass is 281 g/mol. The fourth-order valence-corrected chi connectivity index (χ4v) is 2.27. The minimum absolute atomic E-state index is 0.0525. The first-order valence-electron chi connectivity index (χ1n) is 5.99. The van der Waals surface area contributed by atoms with E-state index in [9.17, 15) is 4.79 Å². The lowest BCUT2D eigenvalue weighted by atomic mass is 10.1. The first-order chi connectivity index (χ1) is 8.98. The fourth-order valence-electron chi connectivity index (χ4n) is 1.50. The molecule has 1 heterocycles. The summed E-state index contributed by atoms with van der Waals surface area (Å²) in [4.78, 5) is 13.5. The second-order valence-electron chi connectivity index (χ2n) is 4.71. The normalized spacial score (nSPS) is 10.7. The molecule has 1 rings (SSSR count). The smallest absolute Gasteiger partial charge is 0.261 e. The molecule has 19 heavy (non-hydrogen) atoms. The second-order valence-corrected chi connectivity index (χ2v) is 5.79. The van der Waals surface area contributed by atoms with E-state index in [1.165, 1.54) is 11.3 Å². The number of carbonyl (C=O) groups excluding carboxylic acids is 1. The van der Waals surface area contributed by atoms with Gasteiger partial charge in [0.25, 0.3) is 5.91 Å². The van der Waals surface area contributed by atoms with E-state index in [1.807, 2.05) is 19.9 Å². The van der Waals surface area contributed by atoms with Crippen molar-refractivity contribution in [2.75, 3.05) is 20.3 Å². The third-order valence-electron chi connectivity index (χ3n) is 2.24. The maximum absolute atomic E-state index is 12.0. The number of thiophene rings is 1. The summed E-state index contributed by atoms with van der Waals surface area (Å²) in [7, 11) is 1.61. The summed E-state index contributed by atoms with van der Waals surface area (Å²) in [5.74, 6) is 5.62. The Bertz CT molecular complexity index is 482. The van der Waals surface area contributed by atoms with Crippen molar-refractivity contribution >= 4 is 17.2 Å². The van der Waals surface area contributed by atoms with Gasteiger partial charge < -0.3 is 15.2 Å². The third kappa shape index (κ3) is 5.43. The van der Waals surface area contributed by atoms with E-state index in [0.717, 1.165) is 4.88 Å². The van der Waals surface area contributed by atoms with Gasteiger partial charge in [0.05, 0.1) is 28.5 Å². The maximum atomic E-state index is 12.0. The van der Waals surface area contributed by atoms with Crippen molar-refractivity contribution in [1.82, 2.24) is 5.32 Å². The Hall–Kier alpha value is -1.35. The van der Waals surface area contributed by atoms with Crippen LogP contribution in [0.25, 0.3) is 0 Å². The second kappa shape index (κ2) is 7.29. The highest BCUT2D eigenvalue weighted by molar-refractivity contribution is 7.14. The number of aliphatic hydroxyl groups is 1. The minimum Gasteiger partial charge on any atom is -0.395 e. The van der Waals surface area contributed by atoms with Crippen LogP contribution in [0.1, 0.15) is 34.8 Å². The highest BCUT2D eigenvalue weighted by Crippen LogP contribution is 2.16. The number of rotatable bonds is 5. The van der Waals surface area contributed by atoms with E-state index in [-0.39, 0.29) is 12.5 Å².